The van der Waals surface area contributed by atoms with Crippen LogP contribution in [0, 0.1) is 5.92 Å². The molecule has 9 heteroatoms. The van der Waals surface area contributed by atoms with Crippen LogP contribution < -0.4 is 5.32 Å². The number of ether oxygens (including phenoxy) is 1. The number of amides is 2. The molecular weight excluding hydrogens is 458 g/mol. The maximum Gasteiger partial charge on any atom is 0.410 e. The zero-order chi connectivity index (χ0) is 25.6. The van der Waals surface area contributed by atoms with Gasteiger partial charge >= 0.3 is 12.0 Å². The third-order valence-electron chi connectivity index (χ3n) is 5.87. The van der Waals surface area contributed by atoms with Crippen molar-refractivity contribution < 1.29 is 32.7 Å². The number of halogens is 2. The zero-order valence-corrected chi connectivity index (χ0v) is 19.6. The Hall–Kier alpha value is -3.62. The minimum Gasteiger partial charge on any atom is -0.445 e. The molecule has 0 aromatic heterocycles. The van der Waals surface area contributed by atoms with Crippen molar-refractivity contribution >= 4 is 23.6 Å². The number of ketones is 2. The van der Waals surface area contributed by atoms with E-state index in [0.717, 1.165) is 5.56 Å². The normalized spacial score (nSPS) is 16.6. The van der Waals surface area contributed by atoms with Gasteiger partial charge in [-0.25, -0.2) is 4.79 Å². The van der Waals surface area contributed by atoms with E-state index >= 15 is 0 Å². The zero-order valence-electron chi connectivity index (χ0n) is 19.6. The Morgan fingerprint density at radius 1 is 1.03 bits per heavy atom. The lowest BCUT2D eigenvalue weighted by atomic mass is 9.91. The molecule has 7 nitrogen and oxygen atoms in total. The smallest absolute Gasteiger partial charge is 0.410 e. The van der Waals surface area contributed by atoms with E-state index in [9.17, 15) is 28.0 Å². The standard InChI is InChI=1S/C26H28F2N2O5/c1-17(2)21(23(32)26(27,28)22(31)19-12-7-4-8-13-19)29-24(33)20-14-9-15-30(20)25(34)35-16-18-10-5-3-6-11-18/h3-8,10-13,17,20-21H,9,14-16H2,1-2H3,(H,29,33). The lowest BCUT2D eigenvalue weighted by Gasteiger charge is -2.28. The predicted octanol–water partition coefficient (Wildman–Crippen LogP) is 4.02. The summed E-state index contributed by atoms with van der Waals surface area (Å²) in [6.07, 6.45) is 0.107. The first-order valence-corrected chi connectivity index (χ1v) is 11.4. The Bertz CT molecular complexity index is 1060. The maximum absolute atomic E-state index is 14.9. The van der Waals surface area contributed by atoms with E-state index in [4.69, 9.17) is 4.74 Å². The number of benzene rings is 2. The first kappa shape index (κ1) is 26.0. The van der Waals surface area contributed by atoms with Crippen molar-refractivity contribution in [1.82, 2.24) is 10.2 Å². The van der Waals surface area contributed by atoms with Crippen LogP contribution in [0.4, 0.5) is 13.6 Å². The topological polar surface area (TPSA) is 92.8 Å². The summed E-state index contributed by atoms with van der Waals surface area (Å²) in [6.45, 7) is 3.26. The summed E-state index contributed by atoms with van der Waals surface area (Å²) in [5.74, 6) is -9.11. The molecule has 1 saturated heterocycles. The molecule has 0 bridgehead atoms. The molecule has 0 spiro atoms. The second-order valence-electron chi connectivity index (χ2n) is 8.76. The van der Waals surface area contributed by atoms with E-state index in [1.54, 1.807) is 30.3 Å². The first-order valence-electron chi connectivity index (χ1n) is 11.4. The van der Waals surface area contributed by atoms with Crippen LogP contribution in [0.1, 0.15) is 42.6 Å². The van der Waals surface area contributed by atoms with Crippen LogP contribution in [0.15, 0.2) is 60.7 Å². The Labute approximate surface area is 202 Å². The van der Waals surface area contributed by atoms with Gasteiger partial charge in [-0.2, -0.15) is 8.78 Å². The van der Waals surface area contributed by atoms with Crippen LogP contribution in [-0.4, -0.2) is 53.0 Å². The van der Waals surface area contributed by atoms with Crippen molar-refractivity contribution in [2.24, 2.45) is 5.92 Å². The minimum absolute atomic E-state index is 0.0193. The molecule has 1 aliphatic rings. The molecule has 2 aromatic carbocycles. The molecule has 1 fully saturated rings. The fraction of sp³-hybridized carbons (Fsp3) is 0.385. The molecule has 2 atom stereocenters. The van der Waals surface area contributed by atoms with Gasteiger partial charge in [-0.05, 0) is 24.3 Å². The van der Waals surface area contributed by atoms with Crippen LogP contribution in [0.5, 0.6) is 0 Å². The van der Waals surface area contributed by atoms with Crippen molar-refractivity contribution in [3.05, 3.63) is 71.8 Å². The Balaban J connectivity index is 1.68. The van der Waals surface area contributed by atoms with Crippen molar-refractivity contribution in [2.75, 3.05) is 6.54 Å². The average Bonchev–Trinajstić information content (AvgIpc) is 3.36. The molecule has 1 heterocycles. The second-order valence-corrected chi connectivity index (χ2v) is 8.76. The molecule has 186 valence electrons. The van der Waals surface area contributed by atoms with E-state index < -0.39 is 47.5 Å². The summed E-state index contributed by atoms with van der Waals surface area (Å²) in [5.41, 5.74) is 0.472. The number of likely N-dealkylation sites (tertiary alicyclic amines) is 1. The maximum atomic E-state index is 14.9. The molecule has 0 saturated carbocycles. The van der Waals surface area contributed by atoms with Crippen molar-refractivity contribution in [3.63, 3.8) is 0 Å². The average molecular weight is 487 g/mol. The number of nitrogens with one attached hydrogen (secondary N) is 1. The van der Waals surface area contributed by atoms with Crippen molar-refractivity contribution in [3.8, 4) is 0 Å². The van der Waals surface area contributed by atoms with Crippen LogP contribution >= 0.6 is 0 Å². The van der Waals surface area contributed by atoms with Crippen molar-refractivity contribution in [2.45, 2.75) is 51.3 Å². The van der Waals surface area contributed by atoms with E-state index in [0.29, 0.717) is 12.8 Å². The highest BCUT2D eigenvalue weighted by molar-refractivity contribution is 6.17. The lowest BCUT2D eigenvalue weighted by molar-refractivity contribution is -0.143. The van der Waals surface area contributed by atoms with Crippen LogP contribution in [0.25, 0.3) is 0 Å². The van der Waals surface area contributed by atoms with E-state index in [2.05, 4.69) is 5.32 Å². The summed E-state index contributed by atoms with van der Waals surface area (Å²) in [6, 6.07) is 13.2. The third kappa shape index (κ3) is 6.09. The molecule has 1 aliphatic heterocycles. The molecule has 1 N–H and O–H groups in total. The van der Waals surface area contributed by atoms with Gasteiger partial charge in [-0.15, -0.1) is 0 Å². The van der Waals surface area contributed by atoms with Gasteiger partial charge in [0, 0.05) is 12.1 Å². The molecule has 0 aliphatic carbocycles. The number of nitrogens with zero attached hydrogens (tertiary/aromatic N) is 1. The largest absolute Gasteiger partial charge is 0.445 e. The van der Waals surface area contributed by atoms with Crippen LogP contribution in [-0.2, 0) is 20.9 Å². The summed E-state index contributed by atoms with van der Waals surface area (Å²) in [7, 11) is 0. The number of hydrogen-bond donors (Lipinski definition) is 1. The number of alkyl halides is 2. The number of Topliss-reactive ketones (excluding diaryl/α,β-unsaturated/α-hetero) is 2. The minimum atomic E-state index is -4.33. The fourth-order valence-electron chi connectivity index (χ4n) is 3.92. The number of hydrogen-bond acceptors (Lipinski definition) is 5. The van der Waals surface area contributed by atoms with E-state index in [1.165, 1.54) is 43.0 Å². The molecule has 2 unspecified atom stereocenters. The molecule has 2 aromatic rings. The highest BCUT2D eigenvalue weighted by atomic mass is 19.3. The highest BCUT2D eigenvalue weighted by Crippen LogP contribution is 2.26. The second kappa shape index (κ2) is 11.2. The Morgan fingerprint density at radius 3 is 2.23 bits per heavy atom. The number of carbonyl (C=O) groups is 4. The molecule has 2 amide bonds. The van der Waals surface area contributed by atoms with Gasteiger partial charge in [0.25, 0.3) is 0 Å². The van der Waals surface area contributed by atoms with Gasteiger partial charge in [-0.3, -0.25) is 19.3 Å². The van der Waals surface area contributed by atoms with Crippen LogP contribution in [0.3, 0.4) is 0 Å². The molecule has 0 radical (unpaired) electrons. The van der Waals surface area contributed by atoms with E-state index in [-0.39, 0.29) is 18.7 Å². The monoisotopic (exact) mass is 486 g/mol. The third-order valence-corrected chi connectivity index (χ3v) is 5.87. The Morgan fingerprint density at radius 2 is 1.63 bits per heavy atom. The van der Waals surface area contributed by atoms with Gasteiger partial charge < -0.3 is 10.1 Å². The van der Waals surface area contributed by atoms with Gasteiger partial charge in [0.15, 0.2) is 0 Å². The fourth-order valence-corrected chi connectivity index (χ4v) is 3.92. The lowest BCUT2D eigenvalue weighted by Crippen LogP contribution is -2.57. The highest BCUT2D eigenvalue weighted by Gasteiger charge is 2.51. The summed E-state index contributed by atoms with van der Waals surface area (Å²) in [4.78, 5) is 51.9. The van der Waals surface area contributed by atoms with Gasteiger partial charge in [-0.1, -0.05) is 74.5 Å². The summed E-state index contributed by atoms with van der Waals surface area (Å²) < 4.78 is 35.0. The number of rotatable bonds is 9. The molecule has 35 heavy (non-hydrogen) atoms. The van der Waals surface area contributed by atoms with Gasteiger partial charge in [0.1, 0.15) is 12.6 Å². The predicted molar refractivity (Wildman–Crippen MR) is 124 cm³/mol. The molecule has 3 rings (SSSR count). The van der Waals surface area contributed by atoms with Gasteiger partial charge in [0.2, 0.25) is 17.5 Å². The quantitative estimate of drug-likeness (QED) is 0.427. The van der Waals surface area contributed by atoms with E-state index in [1.807, 2.05) is 6.07 Å². The number of carbonyl (C=O) groups excluding carboxylic acids is 4. The van der Waals surface area contributed by atoms with Crippen LogP contribution in [0.2, 0.25) is 0 Å². The van der Waals surface area contributed by atoms with Gasteiger partial charge in [0.05, 0.1) is 6.04 Å². The first-order chi connectivity index (χ1) is 16.6. The summed E-state index contributed by atoms with van der Waals surface area (Å²) >= 11 is 0. The van der Waals surface area contributed by atoms with Crippen molar-refractivity contribution in [1.29, 1.82) is 0 Å². The summed E-state index contributed by atoms with van der Waals surface area (Å²) in [5, 5.41) is 2.36. The SMILES string of the molecule is CC(C)C(NC(=O)C1CCCN1C(=O)OCc1ccccc1)C(=O)C(F)(F)C(=O)c1ccccc1. The Kier molecular flexibility index (Phi) is 8.32. The molecular formula is C26H28F2N2O5.